The second-order valence-electron chi connectivity index (χ2n) is 3.97. The van der Waals surface area contributed by atoms with Crippen LogP contribution in [0, 0.1) is 0 Å². The Labute approximate surface area is 88.1 Å². The van der Waals surface area contributed by atoms with Gasteiger partial charge in [0.1, 0.15) is 0 Å². The van der Waals surface area contributed by atoms with Crippen LogP contribution in [0.3, 0.4) is 0 Å². The number of benzene rings is 1. The molecule has 0 heterocycles. The van der Waals surface area contributed by atoms with Crippen molar-refractivity contribution >= 4 is 11.8 Å². The maximum atomic E-state index is 11.7. The van der Waals surface area contributed by atoms with Gasteiger partial charge in [0.2, 0.25) is 0 Å². The predicted octanol–water partition coefficient (Wildman–Crippen LogP) is 1.70. The molecule has 1 aromatic rings. The Hall–Kier alpha value is -1.64. The summed E-state index contributed by atoms with van der Waals surface area (Å²) in [6.45, 7) is 1.75. The minimum atomic E-state index is -0.803. The Morgan fingerprint density at radius 1 is 1.40 bits per heavy atom. The summed E-state index contributed by atoms with van der Waals surface area (Å²) in [7, 11) is 1.35. The van der Waals surface area contributed by atoms with E-state index in [0.717, 1.165) is 5.56 Å². The van der Waals surface area contributed by atoms with Crippen molar-refractivity contribution in [3.8, 4) is 0 Å². The third-order valence-corrected chi connectivity index (χ3v) is 2.97. The second-order valence-corrected chi connectivity index (χ2v) is 3.97. The number of ketones is 1. The standard InChI is InChI=1S/C12H12O3/c1-12(11(14)15-2)7-10(13)8-5-3-4-6-9(8)12/h3-6H,7H2,1-2H3. The first-order valence-corrected chi connectivity index (χ1v) is 4.81. The van der Waals surface area contributed by atoms with Gasteiger partial charge >= 0.3 is 5.97 Å². The molecule has 15 heavy (non-hydrogen) atoms. The van der Waals surface area contributed by atoms with E-state index in [1.54, 1.807) is 19.1 Å². The third-order valence-electron chi connectivity index (χ3n) is 2.97. The fourth-order valence-corrected chi connectivity index (χ4v) is 2.13. The Bertz CT molecular complexity index is 436. The minimum absolute atomic E-state index is 0.0125. The zero-order valence-corrected chi connectivity index (χ0v) is 8.74. The monoisotopic (exact) mass is 204 g/mol. The van der Waals surface area contributed by atoms with Gasteiger partial charge in [0.25, 0.3) is 0 Å². The highest BCUT2D eigenvalue weighted by Crippen LogP contribution is 2.39. The normalized spacial score (nSPS) is 23.7. The number of hydrogen-bond donors (Lipinski definition) is 0. The molecule has 1 aliphatic rings. The van der Waals surface area contributed by atoms with E-state index in [4.69, 9.17) is 4.74 Å². The fraction of sp³-hybridized carbons (Fsp3) is 0.333. The molecule has 0 spiro atoms. The van der Waals surface area contributed by atoms with E-state index in [2.05, 4.69) is 0 Å². The Balaban J connectivity index is 2.57. The molecule has 0 bridgehead atoms. The van der Waals surface area contributed by atoms with Crippen molar-refractivity contribution in [3.63, 3.8) is 0 Å². The van der Waals surface area contributed by atoms with Gasteiger partial charge in [-0.1, -0.05) is 24.3 Å². The minimum Gasteiger partial charge on any atom is -0.468 e. The molecule has 0 radical (unpaired) electrons. The van der Waals surface area contributed by atoms with Crippen LogP contribution in [0.4, 0.5) is 0 Å². The summed E-state index contributed by atoms with van der Waals surface area (Å²) in [6.07, 6.45) is 0.207. The SMILES string of the molecule is COC(=O)C1(C)CC(=O)c2ccccc21. The quantitative estimate of drug-likeness (QED) is 0.654. The first-order valence-electron chi connectivity index (χ1n) is 4.81. The number of fused-ring (bicyclic) bond motifs is 1. The summed E-state index contributed by atoms with van der Waals surface area (Å²) in [5, 5.41) is 0. The summed E-state index contributed by atoms with van der Waals surface area (Å²) in [6, 6.07) is 7.21. The van der Waals surface area contributed by atoms with E-state index in [0.29, 0.717) is 5.56 Å². The molecule has 1 atom stereocenters. The molecule has 0 saturated carbocycles. The summed E-state index contributed by atoms with van der Waals surface area (Å²) in [4.78, 5) is 23.4. The van der Waals surface area contributed by atoms with Crippen LogP contribution in [0.5, 0.6) is 0 Å². The van der Waals surface area contributed by atoms with Crippen LogP contribution in [-0.2, 0) is 14.9 Å². The molecular weight excluding hydrogens is 192 g/mol. The van der Waals surface area contributed by atoms with Crippen LogP contribution in [0.15, 0.2) is 24.3 Å². The Morgan fingerprint density at radius 3 is 2.73 bits per heavy atom. The van der Waals surface area contributed by atoms with Gasteiger partial charge in [-0.3, -0.25) is 9.59 Å². The molecule has 0 aliphatic heterocycles. The number of carbonyl (C=O) groups is 2. The first kappa shape index (κ1) is 9.90. The third kappa shape index (κ3) is 1.27. The Morgan fingerprint density at radius 2 is 2.07 bits per heavy atom. The molecule has 0 aromatic heterocycles. The fourth-order valence-electron chi connectivity index (χ4n) is 2.13. The van der Waals surface area contributed by atoms with Gasteiger partial charge in [-0.25, -0.2) is 0 Å². The number of ether oxygens (including phenoxy) is 1. The second kappa shape index (κ2) is 3.19. The van der Waals surface area contributed by atoms with Gasteiger partial charge in [-0.05, 0) is 12.5 Å². The number of hydrogen-bond acceptors (Lipinski definition) is 3. The zero-order chi connectivity index (χ0) is 11.1. The maximum absolute atomic E-state index is 11.7. The number of rotatable bonds is 1. The van der Waals surface area contributed by atoms with E-state index in [9.17, 15) is 9.59 Å². The molecule has 3 heteroatoms. The van der Waals surface area contributed by atoms with Gasteiger partial charge in [-0.2, -0.15) is 0 Å². The molecule has 1 aromatic carbocycles. The van der Waals surface area contributed by atoms with Crippen molar-refractivity contribution in [2.45, 2.75) is 18.8 Å². The van der Waals surface area contributed by atoms with Crippen molar-refractivity contribution in [1.82, 2.24) is 0 Å². The van der Waals surface area contributed by atoms with Gasteiger partial charge in [-0.15, -0.1) is 0 Å². The highest BCUT2D eigenvalue weighted by atomic mass is 16.5. The van der Waals surface area contributed by atoms with Crippen LogP contribution in [0.25, 0.3) is 0 Å². The molecule has 3 nitrogen and oxygen atoms in total. The summed E-state index contributed by atoms with van der Waals surface area (Å²) in [5.74, 6) is -0.334. The highest BCUT2D eigenvalue weighted by Gasteiger charge is 2.46. The zero-order valence-electron chi connectivity index (χ0n) is 8.74. The maximum Gasteiger partial charge on any atom is 0.316 e. The molecule has 1 unspecified atom stereocenters. The molecular formula is C12H12O3. The lowest BCUT2D eigenvalue weighted by Gasteiger charge is -2.20. The molecule has 78 valence electrons. The summed E-state index contributed by atoms with van der Waals surface area (Å²) in [5.41, 5.74) is 0.620. The summed E-state index contributed by atoms with van der Waals surface area (Å²) < 4.78 is 4.75. The number of esters is 1. The van der Waals surface area contributed by atoms with E-state index in [-0.39, 0.29) is 18.2 Å². The van der Waals surface area contributed by atoms with Gasteiger partial charge < -0.3 is 4.74 Å². The van der Waals surface area contributed by atoms with Crippen LogP contribution in [-0.4, -0.2) is 18.9 Å². The van der Waals surface area contributed by atoms with Crippen molar-refractivity contribution in [1.29, 1.82) is 0 Å². The molecule has 1 aliphatic carbocycles. The molecule has 0 fully saturated rings. The van der Waals surface area contributed by atoms with Crippen molar-refractivity contribution in [2.24, 2.45) is 0 Å². The van der Waals surface area contributed by atoms with Crippen LogP contribution >= 0.6 is 0 Å². The Kier molecular flexibility index (Phi) is 2.11. The van der Waals surface area contributed by atoms with Crippen LogP contribution in [0.2, 0.25) is 0 Å². The number of Topliss-reactive ketones (excluding diaryl/α,β-unsaturated/α-hetero) is 1. The van der Waals surface area contributed by atoms with Crippen molar-refractivity contribution in [3.05, 3.63) is 35.4 Å². The van der Waals surface area contributed by atoms with E-state index >= 15 is 0 Å². The van der Waals surface area contributed by atoms with E-state index < -0.39 is 5.41 Å². The van der Waals surface area contributed by atoms with Gasteiger partial charge in [0.15, 0.2) is 5.78 Å². The van der Waals surface area contributed by atoms with E-state index in [1.807, 2.05) is 12.1 Å². The lowest BCUT2D eigenvalue weighted by Crippen LogP contribution is -2.31. The lowest BCUT2D eigenvalue weighted by molar-refractivity contribution is -0.146. The summed E-state index contributed by atoms with van der Waals surface area (Å²) >= 11 is 0. The average molecular weight is 204 g/mol. The first-order chi connectivity index (χ1) is 7.09. The highest BCUT2D eigenvalue weighted by molar-refractivity contribution is 6.07. The smallest absolute Gasteiger partial charge is 0.316 e. The molecule has 0 saturated heterocycles. The molecule has 2 rings (SSSR count). The van der Waals surface area contributed by atoms with Gasteiger partial charge in [0, 0.05) is 12.0 Å². The number of methoxy groups -OCH3 is 1. The predicted molar refractivity (Wildman–Crippen MR) is 54.8 cm³/mol. The lowest BCUT2D eigenvalue weighted by atomic mass is 9.84. The molecule has 0 N–H and O–H groups in total. The van der Waals surface area contributed by atoms with Crippen LogP contribution in [0.1, 0.15) is 29.3 Å². The number of carbonyl (C=O) groups excluding carboxylic acids is 2. The molecule has 0 amide bonds. The van der Waals surface area contributed by atoms with Crippen molar-refractivity contribution in [2.75, 3.05) is 7.11 Å². The van der Waals surface area contributed by atoms with E-state index in [1.165, 1.54) is 7.11 Å². The topological polar surface area (TPSA) is 43.4 Å². The largest absolute Gasteiger partial charge is 0.468 e. The van der Waals surface area contributed by atoms with Gasteiger partial charge in [0.05, 0.1) is 12.5 Å². The average Bonchev–Trinajstić information content (AvgIpc) is 2.52. The van der Waals surface area contributed by atoms with Crippen molar-refractivity contribution < 1.29 is 14.3 Å². The van der Waals surface area contributed by atoms with Crippen LogP contribution < -0.4 is 0 Å².